The number of carbonyl (C=O) groups excluding carboxylic acids is 2. The minimum Gasteiger partial charge on any atom is -0.383 e. The molecule has 28 heavy (non-hydrogen) atoms. The predicted molar refractivity (Wildman–Crippen MR) is 109 cm³/mol. The molecule has 3 amide bonds. The zero-order chi connectivity index (χ0) is 20.5. The van der Waals surface area contributed by atoms with Gasteiger partial charge in [0.1, 0.15) is 0 Å². The quantitative estimate of drug-likeness (QED) is 0.623. The normalized spacial score (nSPS) is 11.9. The summed E-state index contributed by atoms with van der Waals surface area (Å²) in [6, 6.07) is 7.52. The van der Waals surface area contributed by atoms with Crippen molar-refractivity contribution < 1.29 is 14.3 Å². The van der Waals surface area contributed by atoms with Crippen LogP contribution in [0.15, 0.2) is 29.4 Å². The van der Waals surface area contributed by atoms with Crippen molar-refractivity contribution in [3.8, 4) is 11.4 Å². The van der Waals surface area contributed by atoms with Gasteiger partial charge in [-0.3, -0.25) is 14.7 Å². The number of carbonyl (C=O) groups is 2. The molecule has 2 aromatic rings. The number of ether oxygens (including phenoxy) is 1. The SMILES string of the molecule is CC[C@@H](C)NC(=O)NC(=O)CSc1nnc(-c2cccc(C)c2)n1CCOC. The Balaban J connectivity index is 2.06. The van der Waals surface area contributed by atoms with Crippen LogP contribution in [0.2, 0.25) is 0 Å². The van der Waals surface area contributed by atoms with Gasteiger partial charge in [0.25, 0.3) is 0 Å². The molecule has 152 valence electrons. The first kappa shape index (κ1) is 21.9. The van der Waals surface area contributed by atoms with E-state index < -0.39 is 6.03 Å². The van der Waals surface area contributed by atoms with Gasteiger partial charge in [0.15, 0.2) is 11.0 Å². The van der Waals surface area contributed by atoms with Crippen LogP contribution in [0.4, 0.5) is 4.79 Å². The van der Waals surface area contributed by atoms with Gasteiger partial charge < -0.3 is 10.1 Å². The highest BCUT2D eigenvalue weighted by atomic mass is 32.2. The summed E-state index contributed by atoms with van der Waals surface area (Å²) in [4.78, 5) is 23.8. The van der Waals surface area contributed by atoms with Gasteiger partial charge in [0.2, 0.25) is 5.91 Å². The van der Waals surface area contributed by atoms with E-state index in [4.69, 9.17) is 4.74 Å². The Morgan fingerprint density at radius 1 is 1.32 bits per heavy atom. The van der Waals surface area contributed by atoms with Gasteiger partial charge in [0.05, 0.1) is 18.9 Å². The molecule has 1 heterocycles. The van der Waals surface area contributed by atoms with Crippen molar-refractivity contribution in [2.75, 3.05) is 19.5 Å². The standard InChI is InChI=1S/C19H27N5O3S/c1-5-14(3)20-18(26)21-16(25)12-28-19-23-22-17(24(19)9-10-27-4)15-8-6-7-13(2)11-15/h6-8,11,14H,5,9-10,12H2,1-4H3,(H2,20,21,25,26)/t14-/m1/s1. The van der Waals surface area contributed by atoms with Crippen molar-refractivity contribution in [2.45, 2.75) is 44.9 Å². The molecule has 1 atom stereocenters. The number of rotatable bonds is 9. The third-order valence-electron chi connectivity index (χ3n) is 4.09. The van der Waals surface area contributed by atoms with Crippen LogP contribution in [0.1, 0.15) is 25.8 Å². The maximum Gasteiger partial charge on any atom is 0.321 e. The van der Waals surface area contributed by atoms with Crippen molar-refractivity contribution in [3.05, 3.63) is 29.8 Å². The predicted octanol–water partition coefficient (Wildman–Crippen LogP) is 2.62. The molecule has 0 aliphatic carbocycles. The number of urea groups is 1. The Morgan fingerprint density at radius 2 is 2.11 bits per heavy atom. The highest BCUT2D eigenvalue weighted by Crippen LogP contribution is 2.24. The number of nitrogens with one attached hydrogen (secondary N) is 2. The molecule has 9 heteroatoms. The second-order valence-corrected chi connectivity index (χ2v) is 7.38. The highest BCUT2D eigenvalue weighted by Gasteiger charge is 2.17. The van der Waals surface area contributed by atoms with E-state index in [0.29, 0.717) is 18.3 Å². The monoisotopic (exact) mass is 405 g/mol. The van der Waals surface area contributed by atoms with Crippen molar-refractivity contribution >= 4 is 23.7 Å². The van der Waals surface area contributed by atoms with Gasteiger partial charge in [0, 0.05) is 18.7 Å². The van der Waals surface area contributed by atoms with Crippen molar-refractivity contribution in [3.63, 3.8) is 0 Å². The summed E-state index contributed by atoms with van der Waals surface area (Å²) in [5, 5.41) is 14.2. The van der Waals surface area contributed by atoms with Crippen LogP contribution < -0.4 is 10.6 Å². The second kappa shape index (κ2) is 10.8. The fraction of sp³-hybridized carbons (Fsp3) is 0.474. The summed E-state index contributed by atoms with van der Waals surface area (Å²) in [7, 11) is 1.63. The lowest BCUT2D eigenvalue weighted by atomic mass is 10.1. The van der Waals surface area contributed by atoms with Crippen molar-refractivity contribution in [2.24, 2.45) is 0 Å². The van der Waals surface area contributed by atoms with Gasteiger partial charge in [-0.25, -0.2) is 4.79 Å². The van der Waals surface area contributed by atoms with E-state index in [1.54, 1.807) is 7.11 Å². The molecule has 0 saturated heterocycles. The zero-order valence-electron chi connectivity index (χ0n) is 16.7. The van der Waals surface area contributed by atoms with Gasteiger partial charge >= 0.3 is 6.03 Å². The molecule has 2 rings (SSSR count). The van der Waals surface area contributed by atoms with Crippen molar-refractivity contribution in [1.29, 1.82) is 0 Å². The minimum atomic E-state index is -0.485. The van der Waals surface area contributed by atoms with Gasteiger partial charge in [-0.2, -0.15) is 0 Å². The number of methoxy groups -OCH3 is 1. The molecule has 0 aliphatic heterocycles. The molecule has 0 radical (unpaired) electrons. The zero-order valence-corrected chi connectivity index (χ0v) is 17.5. The Hall–Kier alpha value is -2.39. The lowest BCUT2D eigenvalue weighted by Gasteiger charge is -2.12. The molecule has 2 N–H and O–H groups in total. The fourth-order valence-electron chi connectivity index (χ4n) is 2.43. The average Bonchev–Trinajstić information content (AvgIpc) is 3.07. The fourth-order valence-corrected chi connectivity index (χ4v) is 3.20. The van der Waals surface area contributed by atoms with Crippen LogP contribution in [0, 0.1) is 6.92 Å². The molecule has 8 nitrogen and oxygen atoms in total. The van der Waals surface area contributed by atoms with Crippen LogP contribution in [0.3, 0.4) is 0 Å². The van der Waals surface area contributed by atoms with E-state index in [-0.39, 0.29) is 17.7 Å². The Bertz CT molecular complexity index is 809. The Labute approximate surface area is 169 Å². The number of nitrogens with zero attached hydrogens (tertiary/aromatic N) is 3. The molecule has 1 aromatic heterocycles. The summed E-state index contributed by atoms with van der Waals surface area (Å²) in [5.41, 5.74) is 2.08. The number of aryl methyl sites for hydroxylation is 1. The van der Waals surface area contributed by atoms with E-state index in [0.717, 1.165) is 23.4 Å². The first-order chi connectivity index (χ1) is 13.4. The molecule has 0 spiro atoms. The van der Waals surface area contributed by atoms with Crippen LogP contribution in [-0.4, -0.2) is 52.2 Å². The van der Waals surface area contributed by atoms with Crippen LogP contribution in [0.5, 0.6) is 0 Å². The maximum absolute atomic E-state index is 12.1. The second-order valence-electron chi connectivity index (χ2n) is 6.44. The number of amides is 3. The van der Waals surface area contributed by atoms with Crippen LogP contribution in [-0.2, 0) is 16.1 Å². The van der Waals surface area contributed by atoms with Gasteiger partial charge in [-0.15, -0.1) is 10.2 Å². The lowest BCUT2D eigenvalue weighted by molar-refractivity contribution is -0.117. The third kappa shape index (κ3) is 6.35. The third-order valence-corrected chi connectivity index (χ3v) is 5.05. The number of thioether (sulfide) groups is 1. The molecule has 0 saturated carbocycles. The van der Waals surface area contributed by atoms with E-state index in [1.165, 1.54) is 11.8 Å². The number of aromatic nitrogens is 3. The maximum atomic E-state index is 12.1. The molecule has 0 bridgehead atoms. The number of hydrogen-bond acceptors (Lipinski definition) is 6. The molecular formula is C19H27N5O3S. The lowest BCUT2D eigenvalue weighted by Crippen LogP contribution is -2.43. The highest BCUT2D eigenvalue weighted by molar-refractivity contribution is 7.99. The van der Waals surface area contributed by atoms with Gasteiger partial charge in [-0.1, -0.05) is 42.4 Å². The summed E-state index contributed by atoms with van der Waals surface area (Å²) < 4.78 is 7.12. The molecule has 0 unspecified atom stereocenters. The first-order valence-corrected chi connectivity index (χ1v) is 10.2. The topological polar surface area (TPSA) is 98.1 Å². The minimum absolute atomic E-state index is 0.00878. The van der Waals surface area contributed by atoms with E-state index in [9.17, 15) is 9.59 Å². The smallest absolute Gasteiger partial charge is 0.321 e. The number of imide groups is 1. The molecule has 1 aromatic carbocycles. The van der Waals surface area contributed by atoms with Gasteiger partial charge in [-0.05, 0) is 26.3 Å². The Morgan fingerprint density at radius 3 is 2.79 bits per heavy atom. The van der Waals surface area contributed by atoms with Crippen LogP contribution in [0.25, 0.3) is 11.4 Å². The molecule has 0 aliphatic rings. The number of benzene rings is 1. The summed E-state index contributed by atoms with van der Waals surface area (Å²) in [6.07, 6.45) is 0.792. The molecule has 0 fully saturated rings. The van der Waals surface area contributed by atoms with E-state index in [1.807, 2.05) is 49.6 Å². The largest absolute Gasteiger partial charge is 0.383 e. The summed E-state index contributed by atoms with van der Waals surface area (Å²) >= 11 is 1.23. The average molecular weight is 406 g/mol. The summed E-state index contributed by atoms with van der Waals surface area (Å²) in [5.74, 6) is 0.398. The van der Waals surface area contributed by atoms with Crippen LogP contribution >= 0.6 is 11.8 Å². The molecular weight excluding hydrogens is 378 g/mol. The first-order valence-electron chi connectivity index (χ1n) is 9.16. The van der Waals surface area contributed by atoms with E-state index in [2.05, 4.69) is 20.8 Å². The Kier molecular flexibility index (Phi) is 8.46. The van der Waals surface area contributed by atoms with Crippen molar-refractivity contribution in [1.82, 2.24) is 25.4 Å². The van der Waals surface area contributed by atoms with E-state index >= 15 is 0 Å². The number of hydrogen-bond donors (Lipinski definition) is 2. The summed E-state index contributed by atoms with van der Waals surface area (Å²) in [6.45, 7) is 6.91.